The second-order valence-electron chi connectivity index (χ2n) is 19.3. The third kappa shape index (κ3) is 4.77. The molecule has 5 aliphatic carbocycles. The largest absolute Gasteiger partial charge is 0.463 e. The van der Waals surface area contributed by atoms with Gasteiger partial charge in [-0.15, -0.1) is 0 Å². The van der Waals surface area contributed by atoms with E-state index in [0.717, 1.165) is 58.6 Å². The highest BCUT2D eigenvalue weighted by Crippen LogP contribution is 2.89. The lowest BCUT2D eigenvalue weighted by Gasteiger charge is -2.64. The molecule has 0 amide bonds. The molecule has 49 heavy (non-hydrogen) atoms. The van der Waals surface area contributed by atoms with Gasteiger partial charge in [0.2, 0.25) is 0 Å². The summed E-state index contributed by atoms with van der Waals surface area (Å²) in [6, 6.07) is 0.520. The molecular formula is C40H63NO8. The van der Waals surface area contributed by atoms with Gasteiger partial charge >= 0.3 is 5.97 Å². The minimum Gasteiger partial charge on any atom is -0.463 e. The molecule has 0 aromatic carbocycles. The van der Waals surface area contributed by atoms with Crippen LogP contribution < -0.4 is 0 Å². The number of morpholine rings is 1. The fourth-order valence-electron chi connectivity index (χ4n) is 14.6. The molecule has 2 spiro atoms. The zero-order valence-corrected chi connectivity index (χ0v) is 30.8. The maximum absolute atomic E-state index is 12.8. The quantitative estimate of drug-likeness (QED) is 0.378. The van der Waals surface area contributed by atoms with Crippen LogP contribution in [0.2, 0.25) is 0 Å². The number of ether oxygens (including phenoxy) is 6. The highest BCUT2D eigenvalue weighted by atomic mass is 16.7. The van der Waals surface area contributed by atoms with Crippen molar-refractivity contribution < 1.29 is 38.3 Å². The van der Waals surface area contributed by atoms with Crippen molar-refractivity contribution in [2.75, 3.05) is 52.7 Å². The number of esters is 1. The van der Waals surface area contributed by atoms with Gasteiger partial charge in [-0.2, -0.15) is 0 Å². The third-order valence-corrected chi connectivity index (χ3v) is 17.3. The molecule has 9 rings (SSSR count). The molecule has 9 aliphatic rings. The molecule has 4 heterocycles. The standard InChI is InChI=1S/C40H63NO8/c1-24-18-27(22-47-35(43)25-9-15-44-16-10-25)48-33-32(24)37(4)12-13-40-23-39(40)11-8-30(49-31-19-41(14-17-46-31)26-20-45-21-26)36(2,3)28(39)6-7-29(40)38(37,5)34(33)42/h24-34,42H,6-23H2,1-5H3/t24-,27?,28+,29?,30+,31+,32+,33?,34+,37-,38-,39-,40+/m1/s1. The molecule has 9 fully saturated rings. The summed E-state index contributed by atoms with van der Waals surface area (Å²) in [5.74, 6) is 1.69. The zero-order chi connectivity index (χ0) is 34.0. The lowest BCUT2D eigenvalue weighted by molar-refractivity contribution is -0.256. The highest BCUT2D eigenvalue weighted by Gasteiger charge is 2.84. The van der Waals surface area contributed by atoms with Crippen LogP contribution in [0.5, 0.6) is 0 Å². The van der Waals surface area contributed by atoms with Crippen molar-refractivity contribution in [1.82, 2.24) is 4.90 Å². The minimum atomic E-state index is -0.504. The first-order valence-electron chi connectivity index (χ1n) is 20.1. The summed E-state index contributed by atoms with van der Waals surface area (Å²) >= 11 is 0. The number of aliphatic hydroxyl groups excluding tert-OH is 1. The van der Waals surface area contributed by atoms with Crippen molar-refractivity contribution in [1.29, 1.82) is 0 Å². The molecule has 0 radical (unpaired) electrons. The smallest absolute Gasteiger partial charge is 0.309 e. The fourth-order valence-corrected chi connectivity index (χ4v) is 14.6. The first kappa shape index (κ1) is 34.0. The van der Waals surface area contributed by atoms with E-state index in [1.807, 2.05) is 0 Å². The fraction of sp³-hybridized carbons (Fsp3) is 0.975. The molecular weight excluding hydrogens is 622 g/mol. The van der Waals surface area contributed by atoms with Crippen molar-refractivity contribution in [3.8, 4) is 0 Å². The number of fused-ring (bicyclic) bond motifs is 4. The maximum atomic E-state index is 12.8. The van der Waals surface area contributed by atoms with Crippen molar-refractivity contribution in [2.24, 2.45) is 56.7 Å². The average molecular weight is 686 g/mol. The summed E-state index contributed by atoms with van der Waals surface area (Å²) < 4.78 is 36.8. The van der Waals surface area contributed by atoms with Crippen LogP contribution in [0.4, 0.5) is 0 Å². The molecule has 9 heteroatoms. The van der Waals surface area contributed by atoms with Gasteiger partial charge in [-0.1, -0.05) is 34.6 Å². The molecule has 5 saturated carbocycles. The number of rotatable bonds is 6. The van der Waals surface area contributed by atoms with Crippen molar-refractivity contribution >= 4 is 5.97 Å². The lowest BCUT2D eigenvalue weighted by atomic mass is 9.41. The van der Waals surface area contributed by atoms with Crippen molar-refractivity contribution in [2.45, 2.75) is 136 Å². The first-order chi connectivity index (χ1) is 23.4. The maximum Gasteiger partial charge on any atom is 0.309 e. The Morgan fingerprint density at radius 1 is 0.918 bits per heavy atom. The summed E-state index contributed by atoms with van der Waals surface area (Å²) in [6.45, 7) is 18.1. The summed E-state index contributed by atoms with van der Waals surface area (Å²) in [4.78, 5) is 15.4. The lowest BCUT2D eigenvalue weighted by Crippen LogP contribution is -2.60. The SMILES string of the molecule is C[C@@H]1CC(COC(=O)C2CCOCC2)OC2[C@H]1[C@@]1(C)CC[C@@]34C[C@@]35CC[C@H](O[C@H]3CN(C6COC6)CCO3)C(C)(C)[C@@H]5CCC4[C@]1(C)[C@H]2O. The van der Waals surface area contributed by atoms with Crippen molar-refractivity contribution in [3.63, 3.8) is 0 Å². The summed E-state index contributed by atoms with van der Waals surface area (Å²) in [7, 11) is 0. The van der Waals surface area contributed by atoms with E-state index >= 15 is 0 Å². The van der Waals surface area contributed by atoms with E-state index in [4.69, 9.17) is 28.4 Å². The van der Waals surface area contributed by atoms with Crippen LogP contribution in [0.1, 0.15) is 98.8 Å². The number of aliphatic hydroxyl groups is 1. The molecule has 0 aromatic heterocycles. The van der Waals surface area contributed by atoms with Crippen LogP contribution in [-0.2, 0) is 33.2 Å². The monoisotopic (exact) mass is 685 g/mol. The van der Waals surface area contributed by atoms with Gasteiger partial charge in [0.25, 0.3) is 0 Å². The minimum absolute atomic E-state index is 0.0261. The Bertz CT molecular complexity index is 1280. The van der Waals surface area contributed by atoms with Gasteiger partial charge in [-0.25, -0.2) is 0 Å². The Labute approximate surface area is 293 Å². The van der Waals surface area contributed by atoms with E-state index in [0.29, 0.717) is 60.4 Å². The van der Waals surface area contributed by atoms with Crippen molar-refractivity contribution in [3.05, 3.63) is 0 Å². The second kappa shape index (κ2) is 11.8. The van der Waals surface area contributed by atoms with Crippen LogP contribution in [0.15, 0.2) is 0 Å². The van der Waals surface area contributed by atoms with Gasteiger partial charge in [-0.05, 0) is 110 Å². The van der Waals surface area contributed by atoms with E-state index in [2.05, 4.69) is 39.5 Å². The van der Waals surface area contributed by atoms with Gasteiger partial charge in [0.05, 0.1) is 62.7 Å². The molecule has 276 valence electrons. The number of carbonyl (C=O) groups is 1. The number of hydrogen-bond donors (Lipinski definition) is 1. The van der Waals surface area contributed by atoms with E-state index in [1.54, 1.807) is 0 Å². The van der Waals surface area contributed by atoms with E-state index in [-0.39, 0.29) is 52.7 Å². The molecule has 13 atom stereocenters. The molecule has 4 saturated heterocycles. The Hall–Kier alpha value is -0.810. The second-order valence-corrected chi connectivity index (χ2v) is 19.3. The van der Waals surface area contributed by atoms with Crippen LogP contribution >= 0.6 is 0 Å². The Balaban J connectivity index is 0.903. The topological polar surface area (TPSA) is 95.9 Å². The van der Waals surface area contributed by atoms with Gasteiger partial charge in [0, 0.05) is 25.2 Å². The molecule has 4 aliphatic heterocycles. The predicted octanol–water partition coefficient (Wildman–Crippen LogP) is 5.21. The van der Waals surface area contributed by atoms with E-state index in [1.165, 1.54) is 38.5 Å². The normalized spacial score (nSPS) is 52.5. The zero-order valence-electron chi connectivity index (χ0n) is 30.8. The molecule has 0 aromatic rings. The number of carbonyl (C=O) groups excluding carboxylic acids is 1. The third-order valence-electron chi connectivity index (χ3n) is 17.3. The van der Waals surface area contributed by atoms with E-state index in [9.17, 15) is 9.90 Å². The Morgan fingerprint density at radius 3 is 2.43 bits per heavy atom. The molecule has 9 nitrogen and oxygen atoms in total. The molecule has 3 unspecified atom stereocenters. The molecule has 0 bridgehead atoms. The highest BCUT2D eigenvalue weighted by molar-refractivity contribution is 5.72. The molecule has 1 N–H and O–H groups in total. The number of hydrogen-bond acceptors (Lipinski definition) is 9. The summed E-state index contributed by atoms with van der Waals surface area (Å²) in [5, 5.41) is 12.5. The predicted molar refractivity (Wildman–Crippen MR) is 181 cm³/mol. The average Bonchev–Trinajstić information content (AvgIpc) is 3.69. The van der Waals surface area contributed by atoms with Crippen LogP contribution in [0, 0.1) is 56.7 Å². The van der Waals surface area contributed by atoms with Gasteiger partial charge in [0.15, 0.2) is 6.29 Å². The van der Waals surface area contributed by atoms with Crippen LogP contribution in [0.25, 0.3) is 0 Å². The summed E-state index contributed by atoms with van der Waals surface area (Å²) in [6.07, 6.45) is 10.0. The van der Waals surface area contributed by atoms with Crippen LogP contribution in [-0.4, -0.2) is 105 Å². The Morgan fingerprint density at radius 2 is 1.67 bits per heavy atom. The van der Waals surface area contributed by atoms with E-state index < -0.39 is 6.10 Å². The van der Waals surface area contributed by atoms with Gasteiger partial charge < -0.3 is 33.5 Å². The summed E-state index contributed by atoms with van der Waals surface area (Å²) in [5.41, 5.74) is 0.574. The van der Waals surface area contributed by atoms with Crippen LogP contribution in [0.3, 0.4) is 0 Å². The Kier molecular flexibility index (Phi) is 8.22. The first-order valence-corrected chi connectivity index (χ1v) is 20.1. The number of nitrogens with zero attached hydrogens (tertiary/aromatic N) is 1. The van der Waals surface area contributed by atoms with Gasteiger partial charge in [-0.3, -0.25) is 9.69 Å². The van der Waals surface area contributed by atoms with Gasteiger partial charge in [0.1, 0.15) is 6.61 Å².